The van der Waals surface area contributed by atoms with Gasteiger partial charge < -0.3 is 10.2 Å². The van der Waals surface area contributed by atoms with Crippen molar-refractivity contribution in [2.24, 2.45) is 0 Å². The number of benzene rings is 1. The van der Waals surface area contributed by atoms with Gasteiger partial charge in [-0.3, -0.25) is 0 Å². The van der Waals surface area contributed by atoms with Gasteiger partial charge in [0.05, 0.1) is 15.7 Å². The molecule has 0 bridgehead atoms. The lowest BCUT2D eigenvalue weighted by atomic mass is 10.2. The Morgan fingerprint density at radius 3 is 2.87 bits per heavy atom. The fourth-order valence-electron chi connectivity index (χ4n) is 1.66. The lowest BCUT2D eigenvalue weighted by Crippen LogP contribution is -2.48. The third-order valence-corrected chi connectivity index (χ3v) is 3.62. The predicted molar refractivity (Wildman–Crippen MR) is 66.3 cm³/mol. The molecular formula is C10H11Cl3N2. The maximum atomic E-state index is 6.20. The average Bonchev–Trinajstić information content (AvgIpc) is 2.23. The van der Waals surface area contributed by atoms with E-state index in [1.165, 1.54) is 0 Å². The van der Waals surface area contributed by atoms with Gasteiger partial charge in [0.1, 0.15) is 5.50 Å². The van der Waals surface area contributed by atoms with Gasteiger partial charge in [0.15, 0.2) is 0 Å². The molecule has 0 saturated carbocycles. The van der Waals surface area contributed by atoms with Crippen LogP contribution in [0.2, 0.25) is 10.0 Å². The molecule has 5 heteroatoms. The highest BCUT2D eigenvalue weighted by atomic mass is 35.5. The summed E-state index contributed by atoms with van der Waals surface area (Å²) >= 11 is 18.3. The molecule has 1 aromatic rings. The number of hydrogen-bond acceptors (Lipinski definition) is 2. The number of halogens is 3. The van der Waals surface area contributed by atoms with Gasteiger partial charge in [0.2, 0.25) is 0 Å². The van der Waals surface area contributed by atoms with Crippen molar-refractivity contribution in [3.05, 3.63) is 28.2 Å². The molecule has 0 radical (unpaired) electrons. The van der Waals surface area contributed by atoms with Crippen molar-refractivity contribution in [1.29, 1.82) is 0 Å². The molecule has 0 amide bonds. The van der Waals surface area contributed by atoms with E-state index >= 15 is 0 Å². The monoisotopic (exact) mass is 264 g/mol. The summed E-state index contributed by atoms with van der Waals surface area (Å²) in [5.74, 6) is 0. The summed E-state index contributed by atoms with van der Waals surface area (Å²) in [5.41, 5.74) is 0.834. The van der Waals surface area contributed by atoms with Crippen LogP contribution in [-0.4, -0.2) is 25.1 Å². The first-order valence-electron chi connectivity index (χ1n) is 4.75. The smallest absolute Gasteiger partial charge is 0.116 e. The fourth-order valence-corrected chi connectivity index (χ4v) is 2.37. The van der Waals surface area contributed by atoms with Crippen LogP contribution in [0.1, 0.15) is 0 Å². The van der Waals surface area contributed by atoms with E-state index in [1.54, 1.807) is 6.07 Å². The van der Waals surface area contributed by atoms with Crippen molar-refractivity contribution in [2.75, 3.05) is 24.5 Å². The second-order valence-corrected chi connectivity index (χ2v) is 4.69. The number of piperazine rings is 1. The molecule has 1 heterocycles. The van der Waals surface area contributed by atoms with Gasteiger partial charge in [-0.1, -0.05) is 40.9 Å². The van der Waals surface area contributed by atoms with Crippen LogP contribution in [0.15, 0.2) is 18.2 Å². The van der Waals surface area contributed by atoms with Gasteiger partial charge in [-0.05, 0) is 12.1 Å². The number of rotatable bonds is 1. The molecule has 1 atom stereocenters. The Morgan fingerprint density at radius 1 is 1.33 bits per heavy atom. The van der Waals surface area contributed by atoms with E-state index in [4.69, 9.17) is 34.8 Å². The van der Waals surface area contributed by atoms with Crippen molar-refractivity contribution in [3.8, 4) is 0 Å². The van der Waals surface area contributed by atoms with Crippen molar-refractivity contribution in [3.63, 3.8) is 0 Å². The second-order valence-electron chi connectivity index (χ2n) is 3.40. The minimum absolute atomic E-state index is 0.0743. The van der Waals surface area contributed by atoms with Crippen LogP contribution >= 0.6 is 34.8 Å². The highest BCUT2D eigenvalue weighted by molar-refractivity contribution is 6.43. The van der Waals surface area contributed by atoms with Crippen LogP contribution < -0.4 is 10.2 Å². The number of nitrogens with one attached hydrogen (secondary N) is 1. The highest BCUT2D eigenvalue weighted by Gasteiger charge is 2.22. The molecule has 1 unspecified atom stereocenters. The molecule has 1 aliphatic heterocycles. The average molecular weight is 266 g/mol. The van der Waals surface area contributed by atoms with Gasteiger partial charge in [-0.15, -0.1) is 0 Å². The van der Waals surface area contributed by atoms with Crippen molar-refractivity contribution >= 4 is 40.5 Å². The van der Waals surface area contributed by atoms with Gasteiger partial charge in [0, 0.05) is 19.6 Å². The van der Waals surface area contributed by atoms with Crippen LogP contribution in [0.25, 0.3) is 0 Å². The van der Waals surface area contributed by atoms with E-state index in [2.05, 4.69) is 10.2 Å². The third-order valence-electron chi connectivity index (χ3n) is 2.42. The minimum Gasteiger partial charge on any atom is -0.352 e. The van der Waals surface area contributed by atoms with Crippen molar-refractivity contribution in [1.82, 2.24) is 5.32 Å². The molecule has 2 rings (SSSR count). The third kappa shape index (κ3) is 2.34. The Morgan fingerprint density at radius 2 is 2.13 bits per heavy atom. The molecule has 0 aliphatic carbocycles. The van der Waals surface area contributed by atoms with E-state index < -0.39 is 0 Å². The molecule has 0 spiro atoms. The van der Waals surface area contributed by atoms with Crippen LogP contribution in [0.4, 0.5) is 5.69 Å². The largest absolute Gasteiger partial charge is 0.352 e. The molecule has 82 valence electrons. The Hall–Kier alpha value is -0.150. The Kier molecular flexibility index (Phi) is 3.62. The summed E-state index contributed by atoms with van der Waals surface area (Å²) in [5, 5.41) is 4.36. The number of alkyl halides is 1. The van der Waals surface area contributed by atoms with Crippen molar-refractivity contribution in [2.45, 2.75) is 5.50 Å². The molecule has 1 aromatic carbocycles. The number of nitrogens with zero attached hydrogens (tertiary/aromatic N) is 1. The molecule has 1 fully saturated rings. The summed E-state index contributed by atoms with van der Waals surface area (Å²) in [6, 6.07) is 5.60. The zero-order valence-electron chi connectivity index (χ0n) is 8.01. The van der Waals surface area contributed by atoms with Gasteiger partial charge in [-0.2, -0.15) is 0 Å². The first-order chi connectivity index (χ1) is 7.20. The molecule has 0 aromatic heterocycles. The first kappa shape index (κ1) is 11.3. The van der Waals surface area contributed by atoms with E-state index in [0.717, 1.165) is 25.3 Å². The minimum atomic E-state index is -0.0743. The number of anilines is 1. The maximum absolute atomic E-state index is 6.20. The quantitative estimate of drug-likeness (QED) is 0.620. The predicted octanol–water partition coefficient (Wildman–Crippen LogP) is 2.97. The summed E-state index contributed by atoms with van der Waals surface area (Å²) in [4.78, 5) is 2.06. The molecular weight excluding hydrogens is 254 g/mol. The van der Waals surface area contributed by atoms with E-state index in [1.807, 2.05) is 12.1 Å². The second kappa shape index (κ2) is 4.79. The zero-order valence-corrected chi connectivity index (χ0v) is 10.3. The van der Waals surface area contributed by atoms with E-state index in [0.29, 0.717) is 10.0 Å². The SMILES string of the molecule is Clc1cccc(N2CCNCC2Cl)c1Cl. The van der Waals surface area contributed by atoms with Gasteiger partial charge in [0.25, 0.3) is 0 Å². The van der Waals surface area contributed by atoms with Gasteiger partial charge in [-0.25, -0.2) is 0 Å². The molecule has 1 N–H and O–H groups in total. The van der Waals surface area contributed by atoms with E-state index in [9.17, 15) is 0 Å². The summed E-state index contributed by atoms with van der Waals surface area (Å²) < 4.78 is 0. The summed E-state index contributed by atoms with van der Waals surface area (Å²) in [6.45, 7) is 2.50. The maximum Gasteiger partial charge on any atom is 0.116 e. The molecule has 1 saturated heterocycles. The Bertz CT molecular complexity index is 357. The van der Waals surface area contributed by atoms with Crippen LogP contribution in [-0.2, 0) is 0 Å². The Labute approximate surface area is 104 Å². The highest BCUT2D eigenvalue weighted by Crippen LogP contribution is 2.34. The topological polar surface area (TPSA) is 15.3 Å². The van der Waals surface area contributed by atoms with Crippen LogP contribution in [0, 0.1) is 0 Å². The van der Waals surface area contributed by atoms with Crippen LogP contribution in [0.3, 0.4) is 0 Å². The summed E-state index contributed by atoms with van der Waals surface area (Å²) in [7, 11) is 0. The van der Waals surface area contributed by atoms with Crippen LogP contribution in [0.5, 0.6) is 0 Å². The van der Waals surface area contributed by atoms with Crippen molar-refractivity contribution < 1.29 is 0 Å². The normalized spacial score (nSPS) is 21.8. The molecule has 1 aliphatic rings. The lowest BCUT2D eigenvalue weighted by Gasteiger charge is -2.34. The number of hydrogen-bond donors (Lipinski definition) is 1. The summed E-state index contributed by atoms with van der Waals surface area (Å²) in [6.07, 6.45) is 0. The fraction of sp³-hybridized carbons (Fsp3) is 0.400. The van der Waals surface area contributed by atoms with E-state index in [-0.39, 0.29) is 5.50 Å². The van der Waals surface area contributed by atoms with Gasteiger partial charge >= 0.3 is 0 Å². The zero-order chi connectivity index (χ0) is 10.8. The molecule has 2 nitrogen and oxygen atoms in total. The first-order valence-corrected chi connectivity index (χ1v) is 5.95. The Balaban J connectivity index is 2.31. The standard InChI is InChI=1S/C10H11Cl3N2/c11-7-2-1-3-8(10(7)13)15-5-4-14-6-9(15)12/h1-3,9,14H,4-6H2. The molecule has 15 heavy (non-hydrogen) atoms. The lowest BCUT2D eigenvalue weighted by molar-refractivity contribution is 0.559.